The first-order chi connectivity index (χ1) is 7.92. The van der Waals surface area contributed by atoms with Gasteiger partial charge in [-0.2, -0.15) is 0 Å². The Morgan fingerprint density at radius 3 is 2.81 bits per heavy atom. The minimum absolute atomic E-state index is 0.566. The van der Waals surface area contributed by atoms with E-state index in [1.807, 2.05) is 0 Å². The first-order valence-electron chi connectivity index (χ1n) is 6.31. The van der Waals surface area contributed by atoms with Crippen LogP contribution in [0.4, 0.5) is 5.69 Å². The lowest BCUT2D eigenvalue weighted by atomic mass is 10.0. The molecule has 0 spiro atoms. The van der Waals surface area contributed by atoms with E-state index >= 15 is 0 Å². The molecule has 0 N–H and O–H groups in total. The number of para-hydroxylation sites is 1. The number of ether oxygens (including phenoxy) is 1. The van der Waals surface area contributed by atoms with Crippen molar-refractivity contribution in [3.8, 4) is 0 Å². The molecule has 1 aromatic rings. The van der Waals surface area contributed by atoms with Crippen LogP contribution < -0.4 is 4.90 Å². The fourth-order valence-corrected chi connectivity index (χ4v) is 2.39. The Morgan fingerprint density at radius 1 is 1.25 bits per heavy atom. The molecule has 0 radical (unpaired) electrons. The molecule has 1 aliphatic rings. The van der Waals surface area contributed by atoms with Crippen molar-refractivity contribution in [2.24, 2.45) is 0 Å². The van der Waals surface area contributed by atoms with Gasteiger partial charge in [0, 0.05) is 18.8 Å². The highest BCUT2D eigenvalue weighted by Gasteiger charge is 2.22. The SMILES string of the molecule is CCOCC1CCCCN1c1ccccc1. The van der Waals surface area contributed by atoms with Gasteiger partial charge in [0.05, 0.1) is 12.6 Å². The van der Waals surface area contributed by atoms with Gasteiger partial charge in [0.2, 0.25) is 0 Å². The summed E-state index contributed by atoms with van der Waals surface area (Å²) >= 11 is 0. The number of piperidine rings is 1. The fraction of sp³-hybridized carbons (Fsp3) is 0.571. The standard InChI is InChI=1S/C14H21NO/c1-2-16-12-14-10-6-7-11-15(14)13-8-4-3-5-9-13/h3-5,8-9,14H,2,6-7,10-12H2,1H3. The Hall–Kier alpha value is -1.02. The van der Waals surface area contributed by atoms with Crippen LogP contribution in [-0.4, -0.2) is 25.8 Å². The lowest BCUT2D eigenvalue weighted by molar-refractivity contribution is 0.123. The smallest absolute Gasteiger partial charge is 0.0669 e. The molecule has 1 fully saturated rings. The van der Waals surface area contributed by atoms with Gasteiger partial charge >= 0.3 is 0 Å². The summed E-state index contributed by atoms with van der Waals surface area (Å²) in [4.78, 5) is 2.50. The van der Waals surface area contributed by atoms with E-state index in [2.05, 4.69) is 42.2 Å². The van der Waals surface area contributed by atoms with Crippen molar-refractivity contribution < 1.29 is 4.74 Å². The van der Waals surface area contributed by atoms with E-state index in [1.165, 1.54) is 31.5 Å². The van der Waals surface area contributed by atoms with Gasteiger partial charge in [-0.1, -0.05) is 18.2 Å². The summed E-state index contributed by atoms with van der Waals surface area (Å²) in [5.74, 6) is 0. The maximum absolute atomic E-state index is 5.58. The van der Waals surface area contributed by atoms with Crippen LogP contribution in [0.25, 0.3) is 0 Å². The third-order valence-corrected chi connectivity index (χ3v) is 3.23. The normalized spacial score (nSPS) is 21.1. The van der Waals surface area contributed by atoms with Gasteiger partial charge in [-0.05, 0) is 38.3 Å². The van der Waals surface area contributed by atoms with Gasteiger partial charge in [-0.3, -0.25) is 0 Å². The predicted octanol–water partition coefficient (Wildman–Crippen LogP) is 3.08. The highest BCUT2D eigenvalue weighted by atomic mass is 16.5. The molecule has 2 rings (SSSR count). The summed E-state index contributed by atoms with van der Waals surface area (Å²) in [6.45, 7) is 4.92. The van der Waals surface area contributed by atoms with E-state index in [1.54, 1.807) is 0 Å². The Kier molecular flexibility index (Phi) is 4.23. The number of nitrogens with zero attached hydrogens (tertiary/aromatic N) is 1. The van der Waals surface area contributed by atoms with Crippen LogP contribution in [0.1, 0.15) is 26.2 Å². The number of rotatable bonds is 4. The van der Waals surface area contributed by atoms with Crippen LogP contribution in [0.5, 0.6) is 0 Å². The molecule has 1 unspecified atom stereocenters. The van der Waals surface area contributed by atoms with E-state index in [0.29, 0.717) is 6.04 Å². The molecule has 1 aromatic carbocycles. The maximum Gasteiger partial charge on any atom is 0.0669 e. The summed E-state index contributed by atoms with van der Waals surface area (Å²) in [5.41, 5.74) is 1.34. The van der Waals surface area contributed by atoms with E-state index in [0.717, 1.165) is 13.2 Å². The Labute approximate surface area is 98.2 Å². The second-order valence-electron chi connectivity index (χ2n) is 4.34. The third-order valence-electron chi connectivity index (χ3n) is 3.23. The van der Waals surface area contributed by atoms with E-state index < -0.39 is 0 Å². The van der Waals surface area contributed by atoms with E-state index in [-0.39, 0.29) is 0 Å². The molecule has 0 aliphatic carbocycles. The molecule has 88 valence electrons. The summed E-state index contributed by atoms with van der Waals surface area (Å²) in [6.07, 6.45) is 3.90. The first-order valence-corrected chi connectivity index (χ1v) is 6.31. The second kappa shape index (κ2) is 5.90. The zero-order valence-corrected chi connectivity index (χ0v) is 10.1. The molecule has 0 saturated carbocycles. The zero-order valence-electron chi connectivity index (χ0n) is 10.1. The van der Waals surface area contributed by atoms with Crippen LogP contribution in [0, 0.1) is 0 Å². The number of hydrogen-bond acceptors (Lipinski definition) is 2. The fourth-order valence-electron chi connectivity index (χ4n) is 2.39. The highest BCUT2D eigenvalue weighted by Crippen LogP contribution is 2.24. The van der Waals surface area contributed by atoms with Crippen molar-refractivity contribution >= 4 is 5.69 Å². The summed E-state index contributed by atoms with van der Waals surface area (Å²) in [6, 6.07) is 11.3. The van der Waals surface area contributed by atoms with Crippen molar-refractivity contribution in [1.29, 1.82) is 0 Å². The van der Waals surface area contributed by atoms with Gasteiger partial charge in [0.25, 0.3) is 0 Å². The first kappa shape index (κ1) is 11.5. The quantitative estimate of drug-likeness (QED) is 0.771. The molecular weight excluding hydrogens is 198 g/mol. The average molecular weight is 219 g/mol. The van der Waals surface area contributed by atoms with Crippen molar-refractivity contribution in [3.05, 3.63) is 30.3 Å². The third kappa shape index (κ3) is 2.76. The molecular formula is C14H21NO. The largest absolute Gasteiger partial charge is 0.380 e. The average Bonchev–Trinajstić information content (AvgIpc) is 2.38. The van der Waals surface area contributed by atoms with Crippen molar-refractivity contribution in [1.82, 2.24) is 0 Å². The Bertz CT molecular complexity index is 299. The molecule has 2 heteroatoms. The van der Waals surface area contributed by atoms with Crippen molar-refractivity contribution in [2.45, 2.75) is 32.2 Å². The summed E-state index contributed by atoms with van der Waals surface area (Å²) < 4.78 is 5.58. The lowest BCUT2D eigenvalue weighted by Gasteiger charge is -2.37. The molecule has 16 heavy (non-hydrogen) atoms. The lowest BCUT2D eigenvalue weighted by Crippen LogP contribution is -2.42. The topological polar surface area (TPSA) is 12.5 Å². The molecule has 1 saturated heterocycles. The number of hydrogen-bond donors (Lipinski definition) is 0. The van der Waals surface area contributed by atoms with Crippen LogP contribution in [0.15, 0.2) is 30.3 Å². The molecule has 0 aromatic heterocycles. The van der Waals surface area contributed by atoms with Crippen LogP contribution in [-0.2, 0) is 4.74 Å². The minimum Gasteiger partial charge on any atom is -0.380 e. The number of benzene rings is 1. The minimum atomic E-state index is 0.566. The number of anilines is 1. The van der Waals surface area contributed by atoms with Crippen molar-refractivity contribution in [2.75, 3.05) is 24.7 Å². The van der Waals surface area contributed by atoms with Gasteiger partial charge in [0.15, 0.2) is 0 Å². The van der Waals surface area contributed by atoms with Crippen LogP contribution in [0.3, 0.4) is 0 Å². The second-order valence-corrected chi connectivity index (χ2v) is 4.34. The van der Waals surface area contributed by atoms with Crippen LogP contribution >= 0.6 is 0 Å². The molecule has 1 heterocycles. The summed E-state index contributed by atoms with van der Waals surface area (Å²) in [5, 5.41) is 0. The maximum atomic E-state index is 5.58. The van der Waals surface area contributed by atoms with Gasteiger partial charge in [0.1, 0.15) is 0 Å². The Balaban J connectivity index is 2.04. The monoisotopic (exact) mass is 219 g/mol. The van der Waals surface area contributed by atoms with Gasteiger partial charge < -0.3 is 9.64 Å². The molecule has 0 amide bonds. The van der Waals surface area contributed by atoms with Crippen molar-refractivity contribution in [3.63, 3.8) is 0 Å². The highest BCUT2D eigenvalue weighted by molar-refractivity contribution is 5.47. The predicted molar refractivity (Wildman–Crippen MR) is 67.9 cm³/mol. The summed E-state index contributed by atoms with van der Waals surface area (Å²) in [7, 11) is 0. The van der Waals surface area contributed by atoms with Gasteiger partial charge in [-0.15, -0.1) is 0 Å². The molecule has 2 nitrogen and oxygen atoms in total. The molecule has 1 aliphatic heterocycles. The van der Waals surface area contributed by atoms with E-state index in [9.17, 15) is 0 Å². The Morgan fingerprint density at radius 2 is 2.06 bits per heavy atom. The van der Waals surface area contributed by atoms with Crippen LogP contribution in [0.2, 0.25) is 0 Å². The van der Waals surface area contributed by atoms with Gasteiger partial charge in [-0.25, -0.2) is 0 Å². The molecule has 1 atom stereocenters. The van der Waals surface area contributed by atoms with E-state index in [4.69, 9.17) is 4.74 Å². The molecule has 0 bridgehead atoms. The zero-order chi connectivity index (χ0) is 11.2.